The fourth-order valence-corrected chi connectivity index (χ4v) is 4.20. The van der Waals surface area contributed by atoms with Crippen molar-refractivity contribution in [2.75, 3.05) is 0 Å². The Kier molecular flexibility index (Phi) is 3.27. The van der Waals surface area contributed by atoms with Crippen molar-refractivity contribution in [3.63, 3.8) is 0 Å². The predicted octanol–water partition coefficient (Wildman–Crippen LogP) is 3.36. The van der Waals surface area contributed by atoms with E-state index >= 15 is 0 Å². The van der Waals surface area contributed by atoms with E-state index < -0.39 is 0 Å². The standard InChI is InChI=1S/C13H15NOS2/c15-10(8-13-14-5-6-16-13)12-7-9-3-1-2-4-11(9)17-12/h5-7,10,15H,1-4,8H2. The summed E-state index contributed by atoms with van der Waals surface area (Å²) >= 11 is 3.41. The number of nitrogens with zero attached hydrogens (tertiary/aromatic N) is 1. The lowest BCUT2D eigenvalue weighted by Gasteiger charge is -2.08. The molecule has 0 radical (unpaired) electrons. The van der Waals surface area contributed by atoms with Gasteiger partial charge >= 0.3 is 0 Å². The number of hydrogen-bond donors (Lipinski definition) is 1. The average Bonchev–Trinajstić information content (AvgIpc) is 2.96. The normalized spacial score (nSPS) is 16.8. The van der Waals surface area contributed by atoms with E-state index in [4.69, 9.17) is 0 Å². The Hall–Kier alpha value is -0.710. The summed E-state index contributed by atoms with van der Waals surface area (Å²) in [4.78, 5) is 6.83. The molecule has 0 fully saturated rings. The highest BCUT2D eigenvalue weighted by atomic mass is 32.1. The quantitative estimate of drug-likeness (QED) is 0.923. The summed E-state index contributed by atoms with van der Waals surface area (Å²) in [6.07, 6.45) is 7.06. The highest BCUT2D eigenvalue weighted by Gasteiger charge is 2.18. The molecule has 0 bridgehead atoms. The first kappa shape index (κ1) is 11.4. The molecule has 1 aliphatic rings. The largest absolute Gasteiger partial charge is 0.387 e. The second-order valence-electron chi connectivity index (χ2n) is 4.45. The molecule has 17 heavy (non-hydrogen) atoms. The van der Waals surface area contributed by atoms with Crippen LogP contribution in [0.3, 0.4) is 0 Å². The van der Waals surface area contributed by atoms with Gasteiger partial charge in [-0.05, 0) is 37.3 Å². The van der Waals surface area contributed by atoms with Crippen molar-refractivity contribution in [1.82, 2.24) is 4.98 Å². The van der Waals surface area contributed by atoms with E-state index in [1.807, 2.05) is 5.38 Å². The average molecular weight is 265 g/mol. The molecule has 0 saturated heterocycles. The first-order chi connectivity index (χ1) is 8.33. The molecule has 2 aromatic rings. The van der Waals surface area contributed by atoms with Gasteiger partial charge in [0.1, 0.15) is 0 Å². The number of fused-ring (bicyclic) bond motifs is 1. The van der Waals surface area contributed by atoms with Gasteiger partial charge in [0.15, 0.2) is 0 Å². The number of aryl methyl sites for hydroxylation is 2. The summed E-state index contributed by atoms with van der Waals surface area (Å²) in [6.45, 7) is 0. The summed E-state index contributed by atoms with van der Waals surface area (Å²) in [5.74, 6) is 0. The van der Waals surface area contributed by atoms with Crippen LogP contribution < -0.4 is 0 Å². The van der Waals surface area contributed by atoms with Crippen molar-refractivity contribution in [3.05, 3.63) is 38.0 Å². The van der Waals surface area contributed by atoms with E-state index in [1.54, 1.807) is 28.9 Å². The molecular formula is C13H15NOS2. The van der Waals surface area contributed by atoms with Gasteiger partial charge in [-0.25, -0.2) is 4.98 Å². The molecule has 0 spiro atoms. The molecule has 1 N–H and O–H groups in total. The molecule has 0 saturated carbocycles. The van der Waals surface area contributed by atoms with Gasteiger partial charge in [0.05, 0.1) is 11.1 Å². The van der Waals surface area contributed by atoms with E-state index in [0.717, 1.165) is 9.88 Å². The third-order valence-electron chi connectivity index (χ3n) is 3.20. The topological polar surface area (TPSA) is 33.1 Å². The van der Waals surface area contributed by atoms with Crippen LogP contribution in [0.5, 0.6) is 0 Å². The van der Waals surface area contributed by atoms with E-state index in [1.165, 1.54) is 36.1 Å². The molecule has 2 heterocycles. The summed E-state index contributed by atoms with van der Waals surface area (Å²) in [5.41, 5.74) is 1.47. The molecule has 2 nitrogen and oxygen atoms in total. The van der Waals surface area contributed by atoms with Crippen LogP contribution in [0, 0.1) is 0 Å². The van der Waals surface area contributed by atoms with Crippen molar-refractivity contribution in [3.8, 4) is 0 Å². The number of aromatic nitrogens is 1. The molecule has 2 aromatic heterocycles. The zero-order valence-corrected chi connectivity index (χ0v) is 11.2. The molecule has 1 atom stereocenters. The van der Waals surface area contributed by atoms with Gasteiger partial charge in [-0.3, -0.25) is 0 Å². The molecule has 90 valence electrons. The van der Waals surface area contributed by atoms with E-state index in [2.05, 4.69) is 11.1 Å². The number of rotatable bonds is 3. The maximum atomic E-state index is 10.2. The lowest BCUT2D eigenvalue weighted by molar-refractivity contribution is 0.182. The van der Waals surface area contributed by atoms with Crippen LogP contribution in [0.15, 0.2) is 17.6 Å². The summed E-state index contributed by atoms with van der Waals surface area (Å²) in [5, 5.41) is 13.2. The number of aliphatic hydroxyl groups excluding tert-OH is 1. The van der Waals surface area contributed by atoms with Crippen LogP contribution in [0.4, 0.5) is 0 Å². The van der Waals surface area contributed by atoms with E-state index in [-0.39, 0.29) is 6.10 Å². The highest BCUT2D eigenvalue weighted by Crippen LogP contribution is 2.34. The minimum atomic E-state index is -0.378. The number of thiazole rings is 1. The maximum absolute atomic E-state index is 10.2. The van der Waals surface area contributed by atoms with Crippen molar-refractivity contribution in [2.24, 2.45) is 0 Å². The van der Waals surface area contributed by atoms with Gasteiger partial charge in [-0.2, -0.15) is 0 Å². The molecule has 0 amide bonds. The van der Waals surface area contributed by atoms with Crippen LogP contribution in [0.2, 0.25) is 0 Å². The third kappa shape index (κ3) is 2.44. The Bertz CT molecular complexity index is 466. The molecular weight excluding hydrogens is 250 g/mol. The summed E-state index contributed by atoms with van der Waals surface area (Å²) in [6, 6.07) is 2.21. The predicted molar refractivity (Wildman–Crippen MR) is 71.7 cm³/mol. The van der Waals surface area contributed by atoms with Crippen molar-refractivity contribution in [1.29, 1.82) is 0 Å². The minimum Gasteiger partial charge on any atom is -0.387 e. The highest BCUT2D eigenvalue weighted by molar-refractivity contribution is 7.12. The fourth-order valence-electron chi connectivity index (χ4n) is 2.30. The molecule has 3 rings (SSSR count). The smallest absolute Gasteiger partial charge is 0.0954 e. The second kappa shape index (κ2) is 4.88. The zero-order valence-electron chi connectivity index (χ0n) is 9.56. The van der Waals surface area contributed by atoms with Crippen molar-refractivity contribution < 1.29 is 5.11 Å². The lowest BCUT2D eigenvalue weighted by atomic mass is 9.99. The lowest BCUT2D eigenvalue weighted by Crippen LogP contribution is -1.99. The van der Waals surface area contributed by atoms with Crippen molar-refractivity contribution in [2.45, 2.75) is 38.2 Å². The van der Waals surface area contributed by atoms with Gasteiger partial charge in [0.2, 0.25) is 0 Å². The van der Waals surface area contributed by atoms with Crippen LogP contribution in [-0.2, 0) is 19.3 Å². The molecule has 0 aliphatic heterocycles. The number of aliphatic hydroxyl groups is 1. The molecule has 1 unspecified atom stereocenters. The van der Waals surface area contributed by atoms with Gasteiger partial charge in [-0.1, -0.05) is 0 Å². The first-order valence-corrected chi connectivity index (χ1v) is 7.70. The van der Waals surface area contributed by atoms with Crippen LogP contribution in [0.25, 0.3) is 0 Å². The van der Waals surface area contributed by atoms with Gasteiger partial charge < -0.3 is 5.11 Å². The molecule has 0 aromatic carbocycles. The SMILES string of the molecule is OC(Cc1nccs1)c1cc2c(s1)CCCC2. The van der Waals surface area contributed by atoms with Crippen LogP contribution in [-0.4, -0.2) is 10.1 Å². The minimum absolute atomic E-state index is 0.378. The Morgan fingerprint density at radius 3 is 3.00 bits per heavy atom. The molecule has 4 heteroatoms. The monoisotopic (exact) mass is 265 g/mol. The third-order valence-corrected chi connectivity index (χ3v) is 5.34. The van der Waals surface area contributed by atoms with Gasteiger partial charge in [-0.15, -0.1) is 22.7 Å². The maximum Gasteiger partial charge on any atom is 0.0954 e. The number of hydrogen-bond acceptors (Lipinski definition) is 4. The van der Waals surface area contributed by atoms with E-state index in [9.17, 15) is 5.11 Å². The molecule has 1 aliphatic carbocycles. The second-order valence-corrected chi connectivity index (χ2v) is 6.60. The van der Waals surface area contributed by atoms with E-state index in [0.29, 0.717) is 6.42 Å². The summed E-state index contributed by atoms with van der Waals surface area (Å²) < 4.78 is 0. The Balaban J connectivity index is 1.77. The van der Waals surface area contributed by atoms with Gasteiger partial charge in [0, 0.05) is 27.8 Å². The Morgan fingerprint density at radius 1 is 1.35 bits per heavy atom. The fraction of sp³-hybridized carbons (Fsp3) is 0.462. The Labute approximate surface area is 109 Å². The van der Waals surface area contributed by atoms with Gasteiger partial charge in [0.25, 0.3) is 0 Å². The van der Waals surface area contributed by atoms with Crippen LogP contribution in [0.1, 0.15) is 39.3 Å². The first-order valence-electron chi connectivity index (χ1n) is 6.01. The van der Waals surface area contributed by atoms with Crippen molar-refractivity contribution >= 4 is 22.7 Å². The van der Waals surface area contributed by atoms with Crippen LogP contribution >= 0.6 is 22.7 Å². The number of thiophene rings is 1. The zero-order chi connectivity index (χ0) is 11.7. The summed E-state index contributed by atoms with van der Waals surface area (Å²) in [7, 11) is 0. The Morgan fingerprint density at radius 2 is 2.24 bits per heavy atom.